The van der Waals surface area contributed by atoms with Gasteiger partial charge in [-0.25, -0.2) is 14.4 Å². The summed E-state index contributed by atoms with van der Waals surface area (Å²) in [4.78, 5) is 7.12. The number of halogens is 2. The quantitative estimate of drug-likeness (QED) is 0.568. The zero-order chi connectivity index (χ0) is 8.85. The van der Waals surface area contributed by atoms with E-state index in [9.17, 15) is 4.39 Å². The topological polar surface area (TPSA) is 25.8 Å². The van der Waals surface area contributed by atoms with Crippen molar-refractivity contribution < 1.29 is 4.39 Å². The molecule has 0 aliphatic heterocycles. The lowest BCUT2D eigenvalue weighted by atomic mass is 10.6. The molecule has 0 N–H and O–H groups in total. The summed E-state index contributed by atoms with van der Waals surface area (Å²) < 4.78 is 12.2. The Labute approximate surface area is 70.4 Å². The van der Waals surface area contributed by atoms with E-state index in [4.69, 9.17) is 11.6 Å². The molecule has 0 saturated carbocycles. The van der Waals surface area contributed by atoms with Crippen molar-refractivity contribution in [1.29, 1.82) is 0 Å². The Hall–Kier alpha value is -0.700. The van der Waals surface area contributed by atoms with Crippen molar-refractivity contribution >= 4 is 11.6 Å². The molecule has 1 heterocycles. The fourth-order valence-corrected chi connectivity index (χ4v) is 0.599. The predicted molar refractivity (Wildman–Crippen MR) is 43.1 cm³/mol. The van der Waals surface area contributed by atoms with E-state index < -0.39 is 5.82 Å². The number of rotatable bonds is 0. The normalized spacial score (nSPS) is 8.45. The van der Waals surface area contributed by atoms with Crippen LogP contribution in [-0.2, 0) is 0 Å². The third-order valence-electron chi connectivity index (χ3n) is 0.822. The molecule has 1 aromatic rings. The number of nitrogens with zero attached hydrogens (tertiary/aromatic N) is 2. The molecule has 0 amide bonds. The van der Waals surface area contributed by atoms with Gasteiger partial charge in [-0.05, 0) is 6.92 Å². The third-order valence-corrected chi connectivity index (χ3v) is 1.09. The van der Waals surface area contributed by atoms with E-state index in [2.05, 4.69) is 9.97 Å². The van der Waals surface area contributed by atoms with Gasteiger partial charge < -0.3 is 0 Å². The van der Waals surface area contributed by atoms with E-state index in [1.165, 1.54) is 0 Å². The largest absolute Gasteiger partial charge is 0.239 e. The minimum absolute atomic E-state index is 0.123. The zero-order valence-corrected chi connectivity index (χ0v) is 7.48. The van der Waals surface area contributed by atoms with Crippen LogP contribution in [0.5, 0.6) is 0 Å². The lowest BCUT2D eigenvalue weighted by Crippen LogP contribution is -1.89. The van der Waals surface area contributed by atoms with E-state index in [1.807, 2.05) is 13.8 Å². The van der Waals surface area contributed by atoms with Crippen molar-refractivity contribution in [3.8, 4) is 0 Å². The van der Waals surface area contributed by atoms with Crippen molar-refractivity contribution in [1.82, 2.24) is 9.97 Å². The van der Waals surface area contributed by atoms with E-state index in [0.29, 0.717) is 5.82 Å². The molecular formula is C7H10ClFN2. The van der Waals surface area contributed by atoms with Gasteiger partial charge >= 0.3 is 0 Å². The predicted octanol–water partition coefficient (Wildman–Crippen LogP) is 2.60. The Morgan fingerprint density at radius 3 is 2.36 bits per heavy atom. The molecule has 1 aromatic heterocycles. The van der Waals surface area contributed by atoms with Gasteiger partial charge in [-0.1, -0.05) is 25.4 Å². The molecule has 0 aliphatic rings. The Balaban J connectivity index is 0.000000461. The van der Waals surface area contributed by atoms with Crippen LogP contribution in [0.15, 0.2) is 6.20 Å². The second-order valence-corrected chi connectivity index (χ2v) is 1.91. The van der Waals surface area contributed by atoms with Crippen LogP contribution in [0.4, 0.5) is 4.39 Å². The van der Waals surface area contributed by atoms with Crippen LogP contribution in [0.25, 0.3) is 0 Å². The molecule has 0 fully saturated rings. The zero-order valence-electron chi connectivity index (χ0n) is 6.73. The van der Waals surface area contributed by atoms with Crippen LogP contribution in [-0.4, -0.2) is 9.97 Å². The molecule has 0 radical (unpaired) electrons. The average molecular weight is 177 g/mol. The lowest BCUT2D eigenvalue weighted by molar-refractivity contribution is 0.611. The van der Waals surface area contributed by atoms with Gasteiger partial charge in [0.1, 0.15) is 5.82 Å². The number of aromatic nitrogens is 2. The summed E-state index contributed by atoms with van der Waals surface area (Å²) in [6.45, 7) is 5.64. The first kappa shape index (κ1) is 10.3. The highest BCUT2D eigenvalue weighted by molar-refractivity contribution is 6.29. The maximum Gasteiger partial charge on any atom is 0.178 e. The fourth-order valence-electron chi connectivity index (χ4n) is 0.428. The maximum absolute atomic E-state index is 12.2. The molecule has 0 aromatic carbocycles. The van der Waals surface area contributed by atoms with E-state index in [-0.39, 0.29) is 5.15 Å². The molecule has 4 heteroatoms. The molecule has 0 atom stereocenters. The van der Waals surface area contributed by atoms with E-state index in [0.717, 1.165) is 6.20 Å². The van der Waals surface area contributed by atoms with Crippen molar-refractivity contribution in [2.24, 2.45) is 0 Å². The first-order valence-electron chi connectivity index (χ1n) is 3.35. The molecule has 11 heavy (non-hydrogen) atoms. The number of aryl methyl sites for hydroxylation is 1. The average Bonchev–Trinajstić information content (AvgIpc) is 2.02. The van der Waals surface area contributed by atoms with Crippen LogP contribution < -0.4 is 0 Å². The molecule has 2 nitrogen and oxygen atoms in total. The first-order chi connectivity index (χ1) is 5.20. The van der Waals surface area contributed by atoms with Gasteiger partial charge in [-0.15, -0.1) is 0 Å². The van der Waals surface area contributed by atoms with Gasteiger partial charge in [0.25, 0.3) is 0 Å². The van der Waals surface area contributed by atoms with Gasteiger partial charge in [-0.2, -0.15) is 0 Å². The summed E-state index contributed by atoms with van der Waals surface area (Å²) in [6.07, 6.45) is 1.05. The number of hydrogen-bond acceptors (Lipinski definition) is 2. The Morgan fingerprint density at radius 1 is 1.45 bits per heavy atom. The van der Waals surface area contributed by atoms with Crippen LogP contribution in [0.3, 0.4) is 0 Å². The van der Waals surface area contributed by atoms with Crippen molar-refractivity contribution in [3.05, 3.63) is 23.0 Å². The minimum atomic E-state index is -0.581. The van der Waals surface area contributed by atoms with Gasteiger partial charge in [0, 0.05) is 0 Å². The molecular weight excluding hydrogens is 167 g/mol. The Morgan fingerprint density at radius 2 is 2.00 bits per heavy atom. The third kappa shape index (κ3) is 3.28. The number of hydrogen-bond donors (Lipinski definition) is 0. The van der Waals surface area contributed by atoms with Gasteiger partial charge in [0.05, 0.1) is 6.20 Å². The van der Waals surface area contributed by atoms with Crippen molar-refractivity contribution in [2.45, 2.75) is 20.8 Å². The molecule has 1 rings (SSSR count). The summed E-state index contributed by atoms with van der Waals surface area (Å²) in [5.41, 5.74) is 0. The highest BCUT2D eigenvalue weighted by Gasteiger charge is 1.98. The molecule has 0 aliphatic carbocycles. The SMILES string of the molecule is CC.Cc1ncc(F)c(Cl)n1. The fraction of sp³-hybridized carbons (Fsp3) is 0.429. The van der Waals surface area contributed by atoms with Crippen LogP contribution in [0, 0.1) is 12.7 Å². The van der Waals surface area contributed by atoms with Gasteiger partial charge in [0.15, 0.2) is 11.0 Å². The smallest absolute Gasteiger partial charge is 0.178 e. The highest BCUT2D eigenvalue weighted by Crippen LogP contribution is 2.07. The van der Waals surface area contributed by atoms with Crippen molar-refractivity contribution in [3.63, 3.8) is 0 Å². The van der Waals surface area contributed by atoms with E-state index >= 15 is 0 Å². The summed E-state index contributed by atoms with van der Waals surface area (Å²) >= 11 is 5.29. The summed E-state index contributed by atoms with van der Waals surface area (Å²) in [7, 11) is 0. The monoisotopic (exact) mass is 176 g/mol. The van der Waals surface area contributed by atoms with E-state index in [1.54, 1.807) is 6.92 Å². The molecule has 0 bridgehead atoms. The van der Waals surface area contributed by atoms with Gasteiger partial charge in [-0.3, -0.25) is 0 Å². The second-order valence-electron chi connectivity index (χ2n) is 1.56. The highest BCUT2D eigenvalue weighted by atomic mass is 35.5. The first-order valence-corrected chi connectivity index (χ1v) is 3.72. The molecule has 0 saturated heterocycles. The minimum Gasteiger partial charge on any atom is -0.239 e. The standard InChI is InChI=1S/C5H4ClFN2.C2H6/c1-3-8-2-4(7)5(6)9-3;1-2/h2H,1H3;1-2H3. The molecule has 62 valence electrons. The van der Waals surface area contributed by atoms with Crippen molar-refractivity contribution in [2.75, 3.05) is 0 Å². The van der Waals surface area contributed by atoms with Gasteiger partial charge in [0.2, 0.25) is 0 Å². The summed E-state index contributed by atoms with van der Waals surface area (Å²) in [6, 6.07) is 0. The molecule has 0 spiro atoms. The van der Waals surface area contributed by atoms with Crippen LogP contribution >= 0.6 is 11.6 Å². The van der Waals surface area contributed by atoms with Crippen LogP contribution in [0.2, 0.25) is 5.15 Å². The maximum atomic E-state index is 12.2. The van der Waals surface area contributed by atoms with Crippen LogP contribution in [0.1, 0.15) is 19.7 Å². The lowest BCUT2D eigenvalue weighted by Gasteiger charge is -1.91. The Kier molecular flexibility index (Phi) is 4.70. The Bertz CT molecular complexity index is 228. The summed E-state index contributed by atoms with van der Waals surface area (Å²) in [5.74, 6) is -0.108. The summed E-state index contributed by atoms with van der Waals surface area (Å²) in [5, 5.41) is -0.123. The second kappa shape index (κ2) is 5.02. The molecule has 0 unspecified atom stereocenters.